The van der Waals surface area contributed by atoms with Gasteiger partial charge < -0.3 is 8.85 Å². The summed E-state index contributed by atoms with van der Waals surface area (Å²) < 4.78 is 29.6. The Bertz CT molecular complexity index is 719. The SMILES string of the molecule is CC(C)(C)S(=O)N[C@@H](c1nccs1)[C@@H](CO[Si](C)(C)C(C)(C)C)O[Si](C)(C)C(C)(C)C. The first-order valence-electron chi connectivity index (χ1n) is 11.1. The molecule has 1 aromatic heterocycles. The average Bonchev–Trinajstić information content (AvgIpc) is 3.07. The van der Waals surface area contributed by atoms with Crippen molar-refractivity contribution >= 4 is 39.0 Å². The minimum absolute atomic E-state index is 0.0544. The molecule has 1 rings (SSSR count). The Balaban J connectivity index is 3.36. The normalized spacial score (nSPS) is 17.5. The van der Waals surface area contributed by atoms with Crippen LogP contribution in [0.4, 0.5) is 0 Å². The lowest BCUT2D eigenvalue weighted by Gasteiger charge is -2.43. The Hall–Kier alpha value is 0.0938. The second-order valence-electron chi connectivity index (χ2n) is 12.3. The zero-order valence-electron chi connectivity index (χ0n) is 22.0. The van der Waals surface area contributed by atoms with Gasteiger partial charge in [0.05, 0.1) is 34.5 Å². The first-order valence-corrected chi connectivity index (χ1v) is 18.9. The van der Waals surface area contributed by atoms with Crippen LogP contribution >= 0.6 is 11.3 Å². The van der Waals surface area contributed by atoms with Crippen LogP contribution in [0.2, 0.25) is 36.3 Å². The van der Waals surface area contributed by atoms with Gasteiger partial charge in [0.1, 0.15) is 5.01 Å². The van der Waals surface area contributed by atoms with E-state index in [4.69, 9.17) is 8.85 Å². The van der Waals surface area contributed by atoms with Gasteiger partial charge in [0.15, 0.2) is 16.6 Å². The number of hydrogen-bond donors (Lipinski definition) is 1. The maximum absolute atomic E-state index is 13.1. The maximum atomic E-state index is 13.1. The van der Waals surface area contributed by atoms with E-state index in [9.17, 15) is 4.21 Å². The quantitative estimate of drug-likeness (QED) is 0.381. The molecule has 0 bridgehead atoms. The van der Waals surface area contributed by atoms with Gasteiger partial charge in [0.25, 0.3) is 0 Å². The Labute approximate surface area is 200 Å². The van der Waals surface area contributed by atoms with E-state index >= 15 is 0 Å². The van der Waals surface area contributed by atoms with E-state index in [2.05, 4.69) is 77.4 Å². The van der Waals surface area contributed by atoms with Crippen molar-refractivity contribution in [3.8, 4) is 0 Å². The van der Waals surface area contributed by atoms with E-state index in [-0.39, 0.29) is 22.2 Å². The molecule has 0 aliphatic heterocycles. The predicted octanol–water partition coefficient (Wildman–Crippen LogP) is 6.65. The summed E-state index contributed by atoms with van der Waals surface area (Å²) in [4.78, 5) is 4.57. The molecule has 31 heavy (non-hydrogen) atoms. The fourth-order valence-electron chi connectivity index (χ4n) is 2.23. The number of nitrogens with zero attached hydrogens (tertiary/aromatic N) is 1. The summed E-state index contributed by atoms with van der Waals surface area (Å²) in [5.74, 6) is 0. The van der Waals surface area contributed by atoms with Crippen LogP contribution in [0.25, 0.3) is 0 Å². The van der Waals surface area contributed by atoms with Gasteiger partial charge in [-0.05, 0) is 57.0 Å². The van der Waals surface area contributed by atoms with Crippen LogP contribution < -0.4 is 4.72 Å². The molecule has 0 fully saturated rings. The van der Waals surface area contributed by atoms with Crippen molar-refractivity contribution in [1.82, 2.24) is 9.71 Å². The summed E-state index contributed by atoms with van der Waals surface area (Å²) in [6.07, 6.45) is 1.53. The highest BCUT2D eigenvalue weighted by molar-refractivity contribution is 7.84. The van der Waals surface area contributed by atoms with Crippen LogP contribution in [0.3, 0.4) is 0 Å². The largest absolute Gasteiger partial charge is 0.414 e. The number of rotatable bonds is 9. The van der Waals surface area contributed by atoms with Crippen molar-refractivity contribution in [1.29, 1.82) is 0 Å². The number of thiazole rings is 1. The summed E-state index contributed by atoms with van der Waals surface area (Å²) in [6.45, 7) is 28.9. The summed E-state index contributed by atoms with van der Waals surface area (Å²) in [6, 6.07) is -0.293. The molecule has 1 unspecified atom stereocenters. The van der Waals surface area contributed by atoms with E-state index in [0.29, 0.717) is 6.61 Å². The molecule has 3 atom stereocenters. The lowest BCUT2D eigenvalue weighted by atomic mass is 10.2. The zero-order valence-corrected chi connectivity index (χ0v) is 25.6. The van der Waals surface area contributed by atoms with Gasteiger partial charge in [-0.3, -0.25) is 0 Å². The van der Waals surface area contributed by atoms with Gasteiger partial charge in [-0.15, -0.1) is 11.3 Å². The Morgan fingerprint density at radius 2 is 1.52 bits per heavy atom. The number of aromatic nitrogens is 1. The van der Waals surface area contributed by atoms with Gasteiger partial charge in [0.2, 0.25) is 0 Å². The lowest BCUT2D eigenvalue weighted by Crippen LogP contribution is -2.52. The van der Waals surface area contributed by atoms with Gasteiger partial charge in [0, 0.05) is 11.6 Å². The molecule has 0 radical (unpaired) electrons. The maximum Gasteiger partial charge on any atom is 0.192 e. The lowest BCUT2D eigenvalue weighted by molar-refractivity contribution is 0.0822. The molecule has 0 aliphatic rings. The van der Waals surface area contributed by atoms with Crippen molar-refractivity contribution in [2.24, 2.45) is 0 Å². The third-order valence-electron chi connectivity index (χ3n) is 6.55. The highest BCUT2D eigenvalue weighted by Crippen LogP contribution is 2.41. The fourth-order valence-corrected chi connectivity index (χ4v) is 6.22. The van der Waals surface area contributed by atoms with Crippen LogP contribution in [0.5, 0.6) is 0 Å². The molecule has 0 aliphatic carbocycles. The summed E-state index contributed by atoms with van der Waals surface area (Å²) in [7, 11) is -5.35. The van der Waals surface area contributed by atoms with Crippen molar-refractivity contribution in [3.05, 3.63) is 16.6 Å². The molecular weight excluding hydrogens is 461 g/mol. The molecule has 1 heterocycles. The Morgan fingerprint density at radius 3 is 1.90 bits per heavy atom. The Morgan fingerprint density at radius 1 is 1.00 bits per heavy atom. The van der Waals surface area contributed by atoms with Crippen LogP contribution in [0, 0.1) is 0 Å². The van der Waals surface area contributed by atoms with E-state index in [1.165, 1.54) is 0 Å². The molecule has 1 aromatic rings. The molecule has 182 valence electrons. The third kappa shape index (κ3) is 8.12. The Kier molecular flexibility index (Phi) is 9.54. The van der Waals surface area contributed by atoms with Gasteiger partial charge in [-0.1, -0.05) is 41.5 Å². The first-order chi connectivity index (χ1) is 13.7. The van der Waals surface area contributed by atoms with Crippen LogP contribution in [-0.4, -0.2) is 43.3 Å². The topological polar surface area (TPSA) is 60.5 Å². The van der Waals surface area contributed by atoms with Crippen LogP contribution in [0.15, 0.2) is 11.6 Å². The van der Waals surface area contributed by atoms with E-state index < -0.39 is 32.4 Å². The van der Waals surface area contributed by atoms with Crippen LogP contribution in [0.1, 0.15) is 73.4 Å². The first kappa shape index (κ1) is 29.1. The number of nitrogens with one attached hydrogen (secondary N) is 1. The highest BCUT2D eigenvalue weighted by atomic mass is 32.2. The molecule has 0 saturated carbocycles. The summed E-state index contributed by atoms with van der Waals surface area (Å²) in [5, 5.41) is 3.01. The minimum atomic E-state index is -2.11. The summed E-state index contributed by atoms with van der Waals surface area (Å²) >= 11 is 1.57. The third-order valence-corrected chi connectivity index (χ3v) is 18.0. The molecule has 9 heteroatoms. The molecule has 0 aromatic carbocycles. The number of hydrogen-bond acceptors (Lipinski definition) is 5. The van der Waals surface area contributed by atoms with Crippen molar-refractivity contribution < 1.29 is 13.1 Å². The smallest absolute Gasteiger partial charge is 0.192 e. The van der Waals surface area contributed by atoms with E-state index in [0.717, 1.165) is 5.01 Å². The minimum Gasteiger partial charge on any atom is -0.414 e. The average molecular weight is 507 g/mol. The molecule has 5 nitrogen and oxygen atoms in total. The van der Waals surface area contributed by atoms with Crippen molar-refractivity contribution in [3.63, 3.8) is 0 Å². The monoisotopic (exact) mass is 506 g/mol. The van der Waals surface area contributed by atoms with Crippen molar-refractivity contribution in [2.45, 2.75) is 115 Å². The predicted molar refractivity (Wildman–Crippen MR) is 141 cm³/mol. The standard InChI is InChI=1S/C22H46N2O3S2Si2/c1-20(2,3)29(25)24-18(19-23-14-15-28-19)17(27-31(12,13)22(7,8)9)16-26-30(10,11)21(4,5)6/h14-15,17-18,24H,16H2,1-13H3/t17-,18-,29?/m1/s1. The van der Waals surface area contributed by atoms with Gasteiger partial charge >= 0.3 is 0 Å². The highest BCUT2D eigenvalue weighted by Gasteiger charge is 2.44. The van der Waals surface area contributed by atoms with E-state index in [1.54, 1.807) is 17.5 Å². The van der Waals surface area contributed by atoms with E-state index in [1.807, 2.05) is 26.2 Å². The summed E-state index contributed by atoms with van der Waals surface area (Å²) in [5.41, 5.74) is 0. The van der Waals surface area contributed by atoms with Gasteiger partial charge in [-0.2, -0.15) is 0 Å². The second kappa shape index (κ2) is 10.2. The second-order valence-corrected chi connectivity index (χ2v) is 24.8. The van der Waals surface area contributed by atoms with Crippen LogP contribution in [-0.2, 0) is 19.8 Å². The molecular formula is C22H46N2O3S2Si2. The molecule has 1 N–H and O–H groups in total. The van der Waals surface area contributed by atoms with Crippen molar-refractivity contribution in [2.75, 3.05) is 6.61 Å². The fraction of sp³-hybridized carbons (Fsp3) is 0.864. The molecule has 0 amide bonds. The van der Waals surface area contributed by atoms with Gasteiger partial charge in [-0.25, -0.2) is 13.9 Å². The molecule has 0 spiro atoms. The zero-order chi connectivity index (χ0) is 24.5. The molecule has 0 saturated heterocycles.